The molecule has 0 N–H and O–H groups in total. The number of benzene rings is 2. The van der Waals surface area contributed by atoms with E-state index in [2.05, 4.69) is 48.0 Å². The van der Waals surface area contributed by atoms with Gasteiger partial charge >= 0.3 is 5.63 Å². The van der Waals surface area contributed by atoms with Crippen LogP contribution in [0.4, 0.5) is 5.82 Å². The van der Waals surface area contributed by atoms with E-state index in [4.69, 9.17) is 4.42 Å². The minimum atomic E-state index is -0.603. The highest BCUT2D eigenvalue weighted by molar-refractivity contribution is 5.96. The third-order valence-electron chi connectivity index (χ3n) is 6.53. The first-order valence-electron chi connectivity index (χ1n) is 11.4. The molecule has 7 nitrogen and oxygen atoms in total. The largest absolute Gasteiger partial charge is 0.422 e. The van der Waals surface area contributed by atoms with E-state index >= 15 is 0 Å². The number of anilines is 1. The van der Waals surface area contributed by atoms with E-state index < -0.39 is 5.63 Å². The molecule has 1 saturated heterocycles. The molecule has 34 heavy (non-hydrogen) atoms. The summed E-state index contributed by atoms with van der Waals surface area (Å²) in [5.74, 6) is 0.480. The van der Waals surface area contributed by atoms with E-state index in [-0.39, 0.29) is 11.5 Å². The highest BCUT2D eigenvalue weighted by atomic mass is 16.4. The molecule has 172 valence electrons. The Morgan fingerprint density at radius 3 is 2.32 bits per heavy atom. The van der Waals surface area contributed by atoms with Crippen molar-refractivity contribution in [2.45, 2.75) is 20.8 Å². The first-order valence-corrected chi connectivity index (χ1v) is 11.4. The van der Waals surface area contributed by atoms with Crippen molar-refractivity contribution in [1.82, 2.24) is 15.1 Å². The predicted octanol–water partition coefficient (Wildman–Crippen LogP) is 4.14. The van der Waals surface area contributed by atoms with Crippen molar-refractivity contribution >= 4 is 22.7 Å². The zero-order valence-electron chi connectivity index (χ0n) is 19.5. The number of carbonyl (C=O) groups excluding carboxylic acids is 1. The van der Waals surface area contributed by atoms with Crippen LogP contribution < -0.4 is 10.5 Å². The summed E-state index contributed by atoms with van der Waals surface area (Å²) in [6, 6.07) is 17.1. The van der Waals surface area contributed by atoms with Gasteiger partial charge in [0, 0.05) is 37.1 Å². The third kappa shape index (κ3) is 4.05. The number of piperazine rings is 1. The fraction of sp³-hybridized carbons (Fsp3) is 0.259. The Hall–Kier alpha value is -4.00. The van der Waals surface area contributed by atoms with Crippen LogP contribution in [0.5, 0.6) is 0 Å². The van der Waals surface area contributed by atoms with Gasteiger partial charge in [0.15, 0.2) is 5.82 Å². The van der Waals surface area contributed by atoms with E-state index in [0.717, 1.165) is 22.5 Å². The average molecular weight is 455 g/mol. The van der Waals surface area contributed by atoms with E-state index in [1.165, 1.54) is 16.7 Å². The van der Waals surface area contributed by atoms with Crippen LogP contribution in [-0.2, 0) is 0 Å². The van der Waals surface area contributed by atoms with Gasteiger partial charge in [-0.25, -0.2) is 4.79 Å². The first kappa shape index (κ1) is 21.8. The number of hydrogen-bond acceptors (Lipinski definition) is 6. The molecule has 5 rings (SSSR count). The molecule has 0 radical (unpaired) electrons. The highest BCUT2D eigenvalue weighted by Crippen LogP contribution is 2.26. The summed E-state index contributed by atoms with van der Waals surface area (Å²) < 4.78 is 5.33. The molecule has 1 aliphatic heterocycles. The first-order chi connectivity index (χ1) is 16.4. The number of carbonyl (C=O) groups is 1. The Morgan fingerprint density at radius 1 is 0.853 bits per heavy atom. The van der Waals surface area contributed by atoms with E-state index in [0.29, 0.717) is 31.8 Å². The molecular weight excluding hydrogens is 428 g/mol. The van der Waals surface area contributed by atoms with Gasteiger partial charge in [-0.3, -0.25) is 4.79 Å². The van der Waals surface area contributed by atoms with Crippen LogP contribution in [0.2, 0.25) is 0 Å². The van der Waals surface area contributed by atoms with Crippen LogP contribution >= 0.6 is 0 Å². The molecule has 1 amide bonds. The molecule has 3 heterocycles. The number of aromatic nitrogens is 2. The maximum absolute atomic E-state index is 13.0. The molecule has 1 fully saturated rings. The lowest BCUT2D eigenvalue weighted by Gasteiger charge is -2.35. The summed E-state index contributed by atoms with van der Waals surface area (Å²) in [5, 5.41) is 9.66. The molecule has 0 aliphatic carbocycles. The maximum atomic E-state index is 13.0. The fourth-order valence-corrected chi connectivity index (χ4v) is 4.39. The standard InChI is InChI=1S/C27H26N4O3/c1-17-14-19(3)21(15-18(17)2)23-8-9-25(29-28-23)30-10-12-31(13-11-30)26(32)22-16-20-6-4-5-7-24(20)34-27(22)33/h4-9,14-16H,10-13H2,1-3H3. The number of para-hydroxylation sites is 1. The summed E-state index contributed by atoms with van der Waals surface area (Å²) in [4.78, 5) is 29.2. The van der Waals surface area contributed by atoms with Gasteiger partial charge in [-0.15, -0.1) is 10.2 Å². The SMILES string of the molecule is Cc1cc(C)c(-c2ccc(N3CCN(C(=O)c4cc5ccccc5oc4=O)CC3)nn2)cc1C. The smallest absolute Gasteiger partial charge is 0.349 e. The molecule has 0 bridgehead atoms. The van der Waals surface area contributed by atoms with Crippen molar-refractivity contribution in [2.24, 2.45) is 0 Å². The lowest BCUT2D eigenvalue weighted by Crippen LogP contribution is -2.49. The van der Waals surface area contributed by atoms with Gasteiger partial charge in [0.25, 0.3) is 5.91 Å². The second kappa shape index (κ2) is 8.74. The zero-order chi connectivity index (χ0) is 23.8. The van der Waals surface area contributed by atoms with Gasteiger partial charge in [-0.2, -0.15) is 0 Å². The van der Waals surface area contributed by atoms with Gasteiger partial charge in [0.2, 0.25) is 0 Å². The summed E-state index contributed by atoms with van der Waals surface area (Å²) in [6.07, 6.45) is 0. The Morgan fingerprint density at radius 2 is 1.59 bits per heavy atom. The van der Waals surface area contributed by atoms with Gasteiger partial charge in [0.05, 0.1) is 5.69 Å². The summed E-state index contributed by atoms with van der Waals surface area (Å²) in [7, 11) is 0. The lowest BCUT2D eigenvalue weighted by atomic mass is 9.99. The third-order valence-corrected chi connectivity index (χ3v) is 6.53. The molecule has 0 atom stereocenters. The minimum Gasteiger partial charge on any atom is -0.422 e. The number of fused-ring (bicyclic) bond motifs is 1. The fourth-order valence-electron chi connectivity index (χ4n) is 4.39. The predicted molar refractivity (Wildman–Crippen MR) is 132 cm³/mol. The second-order valence-electron chi connectivity index (χ2n) is 8.79. The average Bonchev–Trinajstić information content (AvgIpc) is 2.86. The molecular formula is C27H26N4O3. The molecule has 0 spiro atoms. The normalized spacial score (nSPS) is 14.0. The summed E-state index contributed by atoms with van der Waals surface area (Å²) in [6.45, 7) is 8.50. The van der Waals surface area contributed by atoms with E-state index in [1.54, 1.807) is 23.1 Å². The van der Waals surface area contributed by atoms with Crippen molar-refractivity contribution in [3.05, 3.63) is 87.3 Å². The van der Waals surface area contributed by atoms with Crippen LogP contribution in [-0.4, -0.2) is 47.2 Å². The Kier molecular flexibility index (Phi) is 5.61. The molecule has 1 aliphatic rings. The van der Waals surface area contributed by atoms with Crippen molar-refractivity contribution in [2.75, 3.05) is 31.1 Å². The van der Waals surface area contributed by atoms with Gasteiger partial charge in [0.1, 0.15) is 11.1 Å². The molecule has 0 unspecified atom stereocenters. The van der Waals surface area contributed by atoms with E-state index in [9.17, 15) is 9.59 Å². The zero-order valence-corrected chi connectivity index (χ0v) is 19.5. The van der Waals surface area contributed by atoms with Gasteiger partial charge < -0.3 is 14.2 Å². The summed E-state index contributed by atoms with van der Waals surface area (Å²) >= 11 is 0. The number of rotatable bonds is 3. The number of amides is 1. The molecule has 0 saturated carbocycles. The van der Waals surface area contributed by atoms with Crippen LogP contribution in [0.15, 0.2) is 63.8 Å². The Labute approximate surface area is 197 Å². The van der Waals surface area contributed by atoms with Crippen LogP contribution in [0.25, 0.3) is 22.2 Å². The quantitative estimate of drug-likeness (QED) is 0.433. The topological polar surface area (TPSA) is 79.5 Å². The number of nitrogens with zero attached hydrogens (tertiary/aromatic N) is 4. The lowest BCUT2D eigenvalue weighted by molar-refractivity contribution is 0.0742. The molecule has 2 aromatic carbocycles. The van der Waals surface area contributed by atoms with E-state index in [1.807, 2.05) is 24.3 Å². The Bertz CT molecular complexity index is 1430. The number of hydrogen-bond donors (Lipinski definition) is 0. The molecule has 2 aromatic heterocycles. The molecule has 7 heteroatoms. The monoisotopic (exact) mass is 454 g/mol. The van der Waals surface area contributed by atoms with Gasteiger partial charge in [-0.05, 0) is 67.8 Å². The van der Waals surface area contributed by atoms with Crippen molar-refractivity contribution in [3.63, 3.8) is 0 Å². The summed E-state index contributed by atoms with van der Waals surface area (Å²) in [5.41, 5.74) is 5.55. The van der Waals surface area contributed by atoms with Crippen LogP contribution in [0.1, 0.15) is 27.0 Å². The number of aryl methyl sites for hydroxylation is 3. The van der Waals surface area contributed by atoms with Crippen LogP contribution in [0, 0.1) is 20.8 Å². The second-order valence-corrected chi connectivity index (χ2v) is 8.79. The van der Waals surface area contributed by atoms with Gasteiger partial charge in [-0.1, -0.05) is 24.3 Å². The minimum absolute atomic E-state index is 0.0695. The maximum Gasteiger partial charge on any atom is 0.349 e. The Balaban J connectivity index is 1.28. The van der Waals surface area contributed by atoms with Crippen LogP contribution in [0.3, 0.4) is 0 Å². The van der Waals surface area contributed by atoms with Crippen molar-refractivity contribution in [1.29, 1.82) is 0 Å². The molecule has 4 aromatic rings. The highest BCUT2D eigenvalue weighted by Gasteiger charge is 2.25. The van der Waals surface area contributed by atoms with Crippen molar-refractivity contribution in [3.8, 4) is 11.3 Å². The van der Waals surface area contributed by atoms with Crippen molar-refractivity contribution < 1.29 is 9.21 Å².